The van der Waals surface area contributed by atoms with Crippen molar-refractivity contribution >= 4 is 27.7 Å². The zero-order valence-corrected chi connectivity index (χ0v) is 16.8. The van der Waals surface area contributed by atoms with E-state index < -0.39 is 27.8 Å². The molecule has 0 bridgehead atoms. The Morgan fingerprint density at radius 1 is 1.28 bits per heavy atom. The van der Waals surface area contributed by atoms with Crippen LogP contribution in [0.1, 0.15) is 25.5 Å². The second kappa shape index (κ2) is 6.71. The van der Waals surface area contributed by atoms with Gasteiger partial charge in [0, 0.05) is 38.2 Å². The summed E-state index contributed by atoms with van der Waals surface area (Å²) >= 11 is 0. The summed E-state index contributed by atoms with van der Waals surface area (Å²) in [7, 11) is -3.59. The highest BCUT2D eigenvalue weighted by molar-refractivity contribution is 7.89. The van der Waals surface area contributed by atoms with Gasteiger partial charge in [0.25, 0.3) is 0 Å². The predicted molar refractivity (Wildman–Crippen MR) is 98.7 cm³/mol. The van der Waals surface area contributed by atoms with E-state index in [4.69, 9.17) is 0 Å². The molecule has 2 saturated heterocycles. The zero-order valence-electron chi connectivity index (χ0n) is 16.0. The Balaban J connectivity index is 1.45. The van der Waals surface area contributed by atoms with E-state index in [1.54, 1.807) is 9.80 Å². The summed E-state index contributed by atoms with van der Waals surface area (Å²) in [5, 5.41) is 0. The number of sulfonamides is 1. The fourth-order valence-corrected chi connectivity index (χ4v) is 4.77. The largest absolute Gasteiger partial charge is 0.433 e. The first kappa shape index (κ1) is 20.2. The van der Waals surface area contributed by atoms with Crippen LogP contribution in [0.2, 0.25) is 0 Å². The molecule has 0 aromatic carbocycles. The van der Waals surface area contributed by atoms with Gasteiger partial charge in [-0.05, 0) is 31.1 Å². The van der Waals surface area contributed by atoms with Gasteiger partial charge in [-0.3, -0.25) is 9.52 Å². The second-order valence-corrected chi connectivity index (χ2v) is 9.89. The van der Waals surface area contributed by atoms with Crippen LogP contribution in [0, 0.1) is 17.8 Å². The number of nitrogens with one attached hydrogen (secondary N) is 1. The third kappa shape index (κ3) is 4.12. The molecule has 8 nitrogen and oxygen atoms in total. The Morgan fingerprint density at radius 2 is 1.93 bits per heavy atom. The molecule has 1 unspecified atom stereocenters. The van der Waals surface area contributed by atoms with Crippen molar-refractivity contribution in [2.24, 2.45) is 17.8 Å². The number of anilines is 2. The molecule has 4 atom stereocenters. The minimum atomic E-state index is -4.56. The van der Waals surface area contributed by atoms with Gasteiger partial charge in [0.1, 0.15) is 5.82 Å². The van der Waals surface area contributed by atoms with Crippen LogP contribution >= 0.6 is 0 Å². The molecule has 1 aromatic heterocycles. The molecule has 1 saturated carbocycles. The first-order valence-corrected chi connectivity index (χ1v) is 11.3. The number of piperidine rings is 1. The van der Waals surface area contributed by atoms with Gasteiger partial charge in [-0.2, -0.15) is 18.2 Å². The highest BCUT2D eigenvalue weighted by Crippen LogP contribution is 2.54. The van der Waals surface area contributed by atoms with Crippen molar-refractivity contribution in [3.8, 4) is 0 Å². The van der Waals surface area contributed by atoms with Gasteiger partial charge >= 0.3 is 6.18 Å². The molecule has 3 fully saturated rings. The van der Waals surface area contributed by atoms with Crippen molar-refractivity contribution in [3.63, 3.8) is 0 Å². The van der Waals surface area contributed by atoms with Crippen molar-refractivity contribution in [2.45, 2.75) is 32.0 Å². The molecule has 1 aromatic rings. The molecule has 0 radical (unpaired) electrons. The van der Waals surface area contributed by atoms with E-state index in [-0.39, 0.29) is 42.0 Å². The molecular formula is C17H22F3N5O3S. The smallest absolute Gasteiger partial charge is 0.356 e. The number of rotatable bonds is 5. The van der Waals surface area contributed by atoms with Crippen LogP contribution in [-0.4, -0.2) is 56.2 Å². The number of nitrogens with zero attached hydrogens (tertiary/aromatic N) is 4. The molecule has 1 aliphatic carbocycles. The lowest BCUT2D eigenvalue weighted by atomic mass is 10.1. The number of alkyl halides is 3. The maximum Gasteiger partial charge on any atom is 0.433 e. The summed E-state index contributed by atoms with van der Waals surface area (Å²) in [6.45, 7) is 3.53. The predicted octanol–water partition coefficient (Wildman–Crippen LogP) is 1.24. The van der Waals surface area contributed by atoms with Crippen molar-refractivity contribution in [2.75, 3.05) is 35.7 Å². The first-order valence-electron chi connectivity index (χ1n) is 9.41. The van der Waals surface area contributed by atoms with Crippen LogP contribution in [0.3, 0.4) is 0 Å². The van der Waals surface area contributed by atoms with Gasteiger partial charge in [0.15, 0.2) is 5.69 Å². The second-order valence-electron chi connectivity index (χ2n) is 8.14. The third-order valence-corrected chi connectivity index (χ3v) is 6.58. The molecule has 2 aliphatic heterocycles. The summed E-state index contributed by atoms with van der Waals surface area (Å²) in [4.78, 5) is 23.4. The molecule has 3 heterocycles. The number of carbonyl (C=O) groups excluding carboxylic acids is 1. The summed E-state index contributed by atoms with van der Waals surface area (Å²) < 4.78 is 64.2. The summed E-state index contributed by atoms with van der Waals surface area (Å²) in [5.41, 5.74) is -0.957. The van der Waals surface area contributed by atoms with Gasteiger partial charge < -0.3 is 9.80 Å². The zero-order chi connectivity index (χ0) is 21.1. The lowest BCUT2D eigenvalue weighted by molar-refractivity contribution is -0.141. The fraction of sp³-hybridized carbons (Fsp3) is 0.706. The normalized spacial score (nSPS) is 28.7. The first-order chi connectivity index (χ1) is 13.4. The molecule has 3 aliphatic rings. The lowest BCUT2D eigenvalue weighted by Crippen LogP contribution is -2.47. The fourth-order valence-electron chi connectivity index (χ4n) is 4.27. The van der Waals surface area contributed by atoms with E-state index in [1.165, 1.54) is 0 Å². The summed E-state index contributed by atoms with van der Waals surface area (Å²) in [6.07, 6.45) is -2.65. The van der Waals surface area contributed by atoms with E-state index in [2.05, 4.69) is 9.97 Å². The highest BCUT2D eigenvalue weighted by Gasteiger charge is 2.56. The lowest BCUT2D eigenvalue weighted by Gasteiger charge is -2.39. The van der Waals surface area contributed by atoms with Crippen molar-refractivity contribution in [1.29, 1.82) is 0 Å². The van der Waals surface area contributed by atoms with E-state index in [1.807, 2.05) is 11.6 Å². The van der Waals surface area contributed by atoms with E-state index in [9.17, 15) is 26.4 Å². The number of carbonyl (C=O) groups is 1. The number of hydrogen-bond acceptors (Lipinski definition) is 7. The van der Waals surface area contributed by atoms with Crippen molar-refractivity contribution < 1.29 is 26.4 Å². The SMILES string of the molecule is C[C@H]1CCN1c1nc(N2C[C@@H]3C(CC(=O)NS(C)(=O)=O)[C@@H]3C2)cc(C(F)(F)F)n1. The van der Waals surface area contributed by atoms with Crippen molar-refractivity contribution in [3.05, 3.63) is 11.8 Å². The summed E-state index contributed by atoms with van der Waals surface area (Å²) in [6, 6.07) is 1.08. The van der Waals surface area contributed by atoms with Crippen LogP contribution < -0.4 is 14.5 Å². The third-order valence-electron chi connectivity index (χ3n) is 5.98. The highest BCUT2D eigenvalue weighted by atomic mass is 32.2. The van der Waals surface area contributed by atoms with Gasteiger partial charge in [-0.1, -0.05) is 0 Å². The maximum atomic E-state index is 13.3. The van der Waals surface area contributed by atoms with Crippen LogP contribution in [0.4, 0.5) is 24.9 Å². The van der Waals surface area contributed by atoms with Crippen LogP contribution in [-0.2, 0) is 21.0 Å². The van der Waals surface area contributed by atoms with Gasteiger partial charge in [-0.15, -0.1) is 0 Å². The van der Waals surface area contributed by atoms with Crippen LogP contribution in [0.15, 0.2) is 6.07 Å². The molecule has 160 valence electrons. The molecular weight excluding hydrogens is 411 g/mol. The number of halogens is 3. The van der Waals surface area contributed by atoms with Gasteiger partial charge in [0.2, 0.25) is 21.9 Å². The van der Waals surface area contributed by atoms with Gasteiger partial charge in [-0.25, -0.2) is 13.4 Å². The van der Waals surface area contributed by atoms with Crippen LogP contribution in [0.25, 0.3) is 0 Å². The summed E-state index contributed by atoms with van der Waals surface area (Å²) in [5.74, 6) is 0.138. The van der Waals surface area contributed by atoms with Gasteiger partial charge in [0.05, 0.1) is 6.26 Å². The molecule has 4 rings (SSSR count). The molecule has 1 N–H and O–H groups in total. The van der Waals surface area contributed by atoms with Crippen LogP contribution in [0.5, 0.6) is 0 Å². The minimum absolute atomic E-state index is 0.0480. The Labute approximate surface area is 166 Å². The molecule has 1 amide bonds. The van der Waals surface area contributed by atoms with Crippen molar-refractivity contribution in [1.82, 2.24) is 14.7 Å². The van der Waals surface area contributed by atoms with E-state index in [0.717, 1.165) is 18.7 Å². The number of hydrogen-bond donors (Lipinski definition) is 1. The Morgan fingerprint density at radius 3 is 2.41 bits per heavy atom. The number of fused-ring (bicyclic) bond motifs is 1. The molecule has 0 spiro atoms. The topological polar surface area (TPSA) is 95.5 Å². The molecule has 12 heteroatoms. The number of aromatic nitrogens is 2. The Bertz CT molecular complexity index is 927. The average Bonchev–Trinajstić information content (AvgIpc) is 3.01. The number of amides is 1. The quantitative estimate of drug-likeness (QED) is 0.747. The average molecular weight is 433 g/mol. The Hall–Kier alpha value is -2.11. The monoisotopic (exact) mass is 433 g/mol. The molecule has 29 heavy (non-hydrogen) atoms. The minimum Gasteiger partial charge on any atom is -0.356 e. The maximum absolute atomic E-state index is 13.3. The van der Waals surface area contributed by atoms with E-state index in [0.29, 0.717) is 19.6 Å². The Kier molecular flexibility index (Phi) is 4.67. The standard InChI is InChI=1S/C17H22F3N5O3S/c1-9-3-4-25(9)16-21-13(17(18,19)20)6-14(22-16)24-7-11-10(12(11)8-24)5-15(26)23-29(2,27)28/h6,9-12H,3-5,7-8H2,1-2H3,(H,23,26)/t9-,10?,11-,12+/m0/s1. The van der Waals surface area contributed by atoms with E-state index >= 15 is 0 Å².